The molecule has 5 rings (SSSR count). The van der Waals surface area contributed by atoms with Gasteiger partial charge in [-0.2, -0.15) is 0 Å². The average molecular weight is 321 g/mol. The van der Waals surface area contributed by atoms with Crippen molar-refractivity contribution < 1.29 is 4.79 Å². The van der Waals surface area contributed by atoms with Crippen molar-refractivity contribution in [3.05, 3.63) is 35.8 Å². The Kier molecular flexibility index (Phi) is 4.10. The van der Waals surface area contributed by atoms with Gasteiger partial charge in [0.15, 0.2) is 0 Å². The monoisotopic (exact) mass is 320 g/mol. The zero-order valence-corrected chi connectivity index (χ0v) is 13.5. The number of nitrogens with zero attached hydrogens (tertiary/aromatic N) is 3. The summed E-state index contributed by atoms with van der Waals surface area (Å²) in [5, 5.41) is 3.24. The largest absolute Gasteiger partial charge is 0.346 e. The molecule has 6 heteroatoms. The van der Waals surface area contributed by atoms with E-state index in [1.54, 1.807) is 0 Å². The van der Waals surface area contributed by atoms with Gasteiger partial charge in [0, 0.05) is 18.8 Å². The molecule has 1 unspecified atom stereocenters. The third-order valence-electron chi connectivity index (χ3n) is 4.89. The topological polar surface area (TPSA) is 49.6 Å². The molecule has 0 spiro atoms. The molecule has 2 aromatic rings. The van der Waals surface area contributed by atoms with Gasteiger partial charge in [-0.1, -0.05) is 6.07 Å². The number of carbonyl (C=O) groups excluding carboxylic acids is 1. The van der Waals surface area contributed by atoms with E-state index in [-0.39, 0.29) is 24.4 Å². The normalized spacial score (nSPS) is 26.7. The number of fused-ring (bicyclic) bond motifs is 4. The van der Waals surface area contributed by atoms with Gasteiger partial charge in [-0.05, 0) is 50.9 Å². The molecule has 0 aliphatic carbocycles. The summed E-state index contributed by atoms with van der Waals surface area (Å²) < 4.78 is 1.88. The number of hydrogen-bond acceptors (Lipinski definition) is 3. The van der Waals surface area contributed by atoms with Gasteiger partial charge in [0.25, 0.3) is 5.91 Å². The highest BCUT2D eigenvalue weighted by Gasteiger charge is 2.35. The Morgan fingerprint density at radius 1 is 1.32 bits per heavy atom. The summed E-state index contributed by atoms with van der Waals surface area (Å²) in [4.78, 5) is 19.6. The van der Waals surface area contributed by atoms with Crippen molar-refractivity contribution >= 4 is 24.0 Å². The van der Waals surface area contributed by atoms with Crippen molar-refractivity contribution in [1.82, 2.24) is 19.6 Å². The van der Waals surface area contributed by atoms with Gasteiger partial charge < -0.3 is 10.2 Å². The quantitative estimate of drug-likeness (QED) is 0.919. The molecule has 5 nitrogen and oxygen atoms in total. The lowest BCUT2D eigenvalue weighted by molar-refractivity contribution is 0.0617. The number of halogens is 1. The Morgan fingerprint density at radius 2 is 2.09 bits per heavy atom. The zero-order chi connectivity index (χ0) is 14.4. The molecule has 3 aliphatic heterocycles. The van der Waals surface area contributed by atoms with Gasteiger partial charge in [-0.25, -0.2) is 4.98 Å². The van der Waals surface area contributed by atoms with Crippen LogP contribution in [0.5, 0.6) is 0 Å². The van der Waals surface area contributed by atoms with E-state index in [1.807, 2.05) is 35.7 Å². The van der Waals surface area contributed by atoms with Gasteiger partial charge in [0.05, 0.1) is 5.69 Å². The number of rotatable bonds is 2. The molecular formula is C16H21ClN4O. The van der Waals surface area contributed by atoms with Gasteiger partial charge in [-0.3, -0.25) is 9.20 Å². The predicted octanol–water partition coefficient (Wildman–Crippen LogP) is 1.89. The number of carbonyl (C=O) groups is 1. The number of aromatic nitrogens is 2. The Balaban J connectivity index is 0.00000144. The SMILES string of the molecule is Cc1nc2ccccn2c1C(=O)NC1CN2CCC1CC2.Cl. The molecule has 0 aromatic carbocycles. The van der Waals surface area contributed by atoms with E-state index in [9.17, 15) is 4.79 Å². The van der Waals surface area contributed by atoms with Gasteiger partial charge in [-0.15, -0.1) is 12.4 Å². The summed E-state index contributed by atoms with van der Waals surface area (Å²) in [6.45, 7) is 5.27. The van der Waals surface area contributed by atoms with Crippen LogP contribution in [0.15, 0.2) is 24.4 Å². The van der Waals surface area contributed by atoms with Crippen LogP contribution in [0.4, 0.5) is 0 Å². The van der Waals surface area contributed by atoms with Crippen molar-refractivity contribution in [2.24, 2.45) is 5.92 Å². The third kappa shape index (κ3) is 2.48. The fourth-order valence-electron chi connectivity index (χ4n) is 3.75. The number of aryl methyl sites for hydroxylation is 1. The second-order valence-electron chi connectivity index (χ2n) is 6.19. The molecule has 3 fully saturated rings. The fourth-order valence-corrected chi connectivity index (χ4v) is 3.75. The van der Waals surface area contributed by atoms with E-state index in [2.05, 4.69) is 15.2 Å². The van der Waals surface area contributed by atoms with Crippen molar-refractivity contribution in [3.8, 4) is 0 Å². The van der Waals surface area contributed by atoms with Crippen LogP contribution in [0, 0.1) is 12.8 Å². The Labute approximate surface area is 136 Å². The van der Waals surface area contributed by atoms with Gasteiger partial charge >= 0.3 is 0 Å². The van der Waals surface area contributed by atoms with Crippen LogP contribution >= 0.6 is 12.4 Å². The smallest absolute Gasteiger partial charge is 0.270 e. The molecule has 3 saturated heterocycles. The van der Waals surface area contributed by atoms with Crippen LogP contribution in [0.1, 0.15) is 29.0 Å². The van der Waals surface area contributed by atoms with E-state index < -0.39 is 0 Å². The highest BCUT2D eigenvalue weighted by molar-refractivity contribution is 5.94. The number of pyridine rings is 1. The number of nitrogens with one attached hydrogen (secondary N) is 1. The van der Waals surface area contributed by atoms with Crippen LogP contribution in [-0.2, 0) is 0 Å². The Bertz CT molecular complexity index is 691. The highest BCUT2D eigenvalue weighted by Crippen LogP contribution is 2.27. The molecule has 2 bridgehead atoms. The summed E-state index contributed by atoms with van der Waals surface area (Å²) in [5.41, 5.74) is 2.29. The molecule has 0 radical (unpaired) electrons. The van der Waals surface area contributed by atoms with Crippen LogP contribution in [0.2, 0.25) is 0 Å². The summed E-state index contributed by atoms with van der Waals surface area (Å²) >= 11 is 0. The summed E-state index contributed by atoms with van der Waals surface area (Å²) in [5.74, 6) is 0.642. The maximum Gasteiger partial charge on any atom is 0.270 e. The zero-order valence-electron chi connectivity index (χ0n) is 12.7. The molecular weight excluding hydrogens is 300 g/mol. The predicted molar refractivity (Wildman–Crippen MR) is 87.6 cm³/mol. The number of imidazole rings is 1. The lowest BCUT2D eigenvalue weighted by Crippen LogP contribution is -2.57. The van der Waals surface area contributed by atoms with E-state index in [1.165, 1.54) is 25.9 Å². The highest BCUT2D eigenvalue weighted by atomic mass is 35.5. The van der Waals surface area contributed by atoms with Crippen molar-refractivity contribution in [3.63, 3.8) is 0 Å². The lowest BCUT2D eigenvalue weighted by Gasteiger charge is -2.44. The molecule has 2 aromatic heterocycles. The van der Waals surface area contributed by atoms with E-state index in [0.717, 1.165) is 17.9 Å². The maximum atomic E-state index is 12.7. The van der Waals surface area contributed by atoms with E-state index in [0.29, 0.717) is 11.6 Å². The third-order valence-corrected chi connectivity index (χ3v) is 4.89. The first kappa shape index (κ1) is 15.3. The van der Waals surface area contributed by atoms with Gasteiger partial charge in [0.1, 0.15) is 11.3 Å². The average Bonchev–Trinajstić information content (AvgIpc) is 2.84. The summed E-state index contributed by atoms with van der Waals surface area (Å²) in [6.07, 6.45) is 4.31. The van der Waals surface area contributed by atoms with Crippen molar-refractivity contribution in [1.29, 1.82) is 0 Å². The van der Waals surface area contributed by atoms with Crippen LogP contribution in [0.3, 0.4) is 0 Å². The first-order valence-electron chi connectivity index (χ1n) is 7.69. The van der Waals surface area contributed by atoms with Crippen LogP contribution in [-0.4, -0.2) is 45.9 Å². The summed E-state index contributed by atoms with van der Waals surface area (Å²) in [6, 6.07) is 6.09. The molecule has 1 amide bonds. The molecule has 118 valence electrons. The van der Waals surface area contributed by atoms with Crippen molar-refractivity contribution in [2.45, 2.75) is 25.8 Å². The number of piperidine rings is 3. The fraction of sp³-hybridized carbons (Fsp3) is 0.500. The minimum Gasteiger partial charge on any atom is -0.346 e. The Morgan fingerprint density at radius 3 is 2.77 bits per heavy atom. The molecule has 5 heterocycles. The molecule has 0 saturated carbocycles. The lowest BCUT2D eigenvalue weighted by atomic mass is 9.84. The number of amides is 1. The second-order valence-corrected chi connectivity index (χ2v) is 6.19. The summed E-state index contributed by atoms with van der Waals surface area (Å²) in [7, 11) is 0. The number of hydrogen-bond donors (Lipinski definition) is 1. The Hall–Kier alpha value is -1.59. The van der Waals surface area contributed by atoms with E-state index in [4.69, 9.17) is 0 Å². The maximum absolute atomic E-state index is 12.7. The first-order chi connectivity index (χ1) is 10.2. The second kappa shape index (κ2) is 5.89. The molecule has 22 heavy (non-hydrogen) atoms. The minimum atomic E-state index is 0. The first-order valence-corrected chi connectivity index (χ1v) is 7.69. The van der Waals surface area contributed by atoms with Crippen LogP contribution < -0.4 is 5.32 Å². The minimum absolute atomic E-state index is 0. The molecule has 1 atom stereocenters. The van der Waals surface area contributed by atoms with Gasteiger partial charge in [0.2, 0.25) is 0 Å². The standard InChI is InChI=1S/C16H20N4O.ClH/c1-11-15(20-7-3-2-4-14(20)17-11)16(21)18-13-10-19-8-5-12(13)6-9-19;/h2-4,7,12-13H,5-6,8-10H2,1H3,(H,18,21);1H. The van der Waals surface area contributed by atoms with Crippen LogP contribution in [0.25, 0.3) is 5.65 Å². The van der Waals surface area contributed by atoms with Crippen molar-refractivity contribution in [2.75, 3.05) is 19.6 Å². The molecule has 1 N–H and O–H groups in total. The molecule has 3 aliphatic rings. The van der Waals surface area contributed by atoms with E-state index >= 15 is 0 Å².